The van der Waals surface area contributed by atoms with E-state index in [1.165, 1.54) is 13.8 Å². The first-order chi connectivity index (χ1) is 9.70. The summed E-state index contributed by atoms with van der Waals surface area (Å²) in [5.41, 5.74) is 2.14. The molecule has 0 spiro atoms. The highest BCUT2D eigenvalue weighted by molar-refractivity contribution is 5.69. The highest BCUT2D eigenvalue weighted by atomic mass is 16.7. The lowest BCUT2D eigenvalue weighted by atomic mass is 9.84. The first-order valence-electron chi connectivity index (χ1n) is 6.82. The molecule has 0 unspecified atom stereocenters. The van der Waals surface area contributed by atoms with Crippen molar-refractivity contribution in [2.24, 2.45) is 0 Å². The van der Waals surface area contributed by atoms with E-state index in [1.54, 1.807) is 12.2 Å². The molecule has 0 N–H and O–H groups in total. The highest BCUT2D eigenvalue weighted by Crippen LogP contribution is 2.26. The molecule has 0 aromatic heterocycles. The van der Waals surface area contributed by atoms with Crippen LogP contribution in [0.25, 0.3) is 6.08 Å². The van der Waals surface area contributed by atoms with Gasteiger partial charge in [-0.25, -0.2) is 0 Å². The fourth-order valence-electron chi connectivity index (χ4n) is 1.94. The lowest BCUT2D eigenvalue weighted by Crippen LogP contribution is -2.20. The Kier molecular flexibility index (Phi) is 5.70. The van der Waals surface area contributed by atoms with Gasteiger partial charge in [-0.15, -0.1) is 0 Å². The van der Waals surface area contributed by atoms with Crippen LogP contribution in [0.15, 0.2) is 30.3 Å². The molecule has 4 heteroatoms. The summed E-state index contributed by atoms with van der Waals surface area (Å²) < 4.78 is 9.88. The smallest absolute Gasteiger partial charge is 0.305 e. The van der Waals surface area contributed by atoms with Gasteiger partial charge < -0.3 is 9.47 Å². The van der Waals surface area contributed by atoms with Crippen molar-refractivity contribution in [3.05, 3.63) is 41.5 Å². The average Bonchev–Trinajstić information content (AvgIpc) is 2.34. The van der Waals surface area contributed by atoms with Crippen molar-refractivity contribution >= 4 is 18.0 Å². The zero-order valence-corrected chi connectivity index (χ0v) is 13.2. The quantitative estimate of drug-likeness (QED) is 0.629. The number of carbonyl (C=O) groups excluding carboxylic acids is 2. The van der Waals surface area contributed by atoms with Gasteiger partial charge in [0, 0.05) is 13.8 Å². The van der Waals surface area contributed by atoms with Crippen LogP contribution < -0.4 is 0 Å². The van der Waals surface area contributed by atoms with Crippen LogP contribution in [0.1, 0.15) is 45.7 Å². The molecule has 1 aromatic carbocycles. The summed E-state index contributed by atoms with van der Waals surface area (Å²) in [6, 6.07) is 7.93. The number of carbonyl (C=O) groups is 2. The third-order valence-corrected chi connectivity index (χ3v) is 2.77. The van der Waals surface area contributed by atoms with Gasteiger partial charge in [-0.1, -0.05) is 51.1 Å². The Hall–Kier alpha value is -2.10. The molecule has 0 fully saturated rings. The molecule has 0 saturated heterocycles. The molecule has 21 heavy (non-hydrogen) atoms. The molecule has 0 aliphatic rings. The predicted molar refractivity (Wildman–Crippen MR) is 81.5 cm³/mol. The molecule has 114 valence electrons. The van der Waals surface area contributed by atoms with Gasteiger partial charge in [0.2, 0.25) is 0 Å². The van der Waals surface area contributed by atoms with Crippen LogP contribution in [-0.4, -0.2) is 18.2 Å². The van der Waals surface area contributed by atoms with Crippen molar-refractivity contribution in [3.8, 4) is 0 Å². The summed E-state index contributed by atoms with van der Waals surface area (Å²) in [7, 11) is 0. The maximum atomic E-state index is 11.0. The second kappa shape index (κ2) is 7.07. The predicted octanol–water partition coefficient (Wildman–Crippen LogP) is 3.45. The number of benzene rings is 1. The maximum Gasteiger partial charge on any atom is 0.305 e. The molecular formula is C17H22O4. The Morgan fingerprint density at radius 3 is 2.05 bits per heavy atom. The van der Waals surface area contributed by atoms with E-state index in [0.29, 0.717) is 0 Å². The van der Waals surface area contributed by atoms with Crippen molar-refractivity contribution in [2.45, 2.75) is 46.3 Å². The third kappa shape index (κ3) is 5.81. The van der Waals surface area contributed by atoms with E-state index < -0.39 is 18.2 Å². The zero-order valence-electron chi connectivity index (χ0n) is 13.2. The second-order valence-electron chi connectivity index (χ2n) is 5.78. The van der Waals surface area contributed by atoms with Crippen LogP contribution in [0.3, 0.4) is 0 Å². The van der Waals surface area contributed by atoms with Gasteiger partial charge in [0.1, 0.15) is 0 Å². The average molecular weight is 290 g/mol. The number of rotatable bonds is 4. The molecule has 0 amide bonds. The van der Waals surface area contributed by atoms with Gasteiger partial charge >= 0.3 is 11.9 Å². The van der Waals surface area contributed by atoms with E-state index in [0.717, 1.165) is 11.1 Å². The number of hydrogen-bond acceptors (Lipinski definition) is 4. The van der Waals surface area contributed by atoms with Gasteiger partial charge in [0.15, 0.2) is 0 Å². The molecule has 0 radical (unpaired) electrons. The van der Waals surface area contributed by atoms with E-state index in [1.807, 2.05) is 24.3 Å². The molecule has 1 aromatic rings. The van der Waals surface area contributed by atoms with E-state index in [4.69, 9.17) is 9.47 Å². The van der Waals surface area contributed by atoms with Crippen LogP contribution in [0, 0.1) is 0 Å². The number of hydrogen-bond donors (Lipinski definition) is 0. The Labute approximate surface area is 125 Å². The SMILES string of the molecule is CC(=O)OC(/C=C/c1ccccc1C(C)(C)C)OC(C)=O. The van der Waals surface area contributed by atoms with Crippen LogP contribution in [0.5, 0.6) is 0 Å². The lowest BCUT2D eigenvalue weighted by molar-refractivity contribution is -0.176. The minimum absolute atomic E-state index is 0.0146. The van der Waals surface area contributed by atoms with E-state index in [2.05, 4.69) is 20.8 Å². The molecule has 1 rings (SSSR count). The maximum absolute atomic E-state index is 11.0. The van der Waals surface area contributed by atoms with Crippen molar-refractivity contribution in [1.29, 1.82) is 0 Å². The monoisotopic (exact) mass is 290 g/mol. The molecule has 4 nitrogen and oxygen atoms in total. The van der Waals surface area contributed by atoms with Gasteiger partial charge in [-0.05, 0) is 22.6 Å². The van der Waals surface area contributed by atoms with Crippen molar-refractivity contribution in [1.82, 2.24) is 0 Å². The number of esters is 2. The van der Waals surface area contributed by atoms with E-state index >= 15 is 0 Å². The summed E-state index contributed by atoms with van der Waals surface area (Å²) >= 11 is 0. The molecule has 0 aliphatic carbocycles. The minimum atomic E-state index is -1.01. The molecule has 0 saturated carbocycles. The molecular weight excluding hydrogens is 268 g/mol. The van der Waals surface area contributed by atoms with Crippen molar-refractivity contribution < 1.29 is 19.1 Å². The standard InChI is InChI=1S/C17H22O4/c1-12(18)20-16(21-13(2)19)11-10-14-8-6-7-9-15(14)17(3,4)5/h6-11,16H,1-5H3/b11-10+. The molecule has 0 aliphatic heterocycles. The Bertz CT molecular complexity index is 522. The topological polar surface area (TPSA) is 52.6 Å². The Morgan fingerprint density at radius 1 is 1.05 bits per heavy atom. The molecule has 0 heterocycles. The van der Waals surface area contributed by atoms with Gasteiger partial charge in [-0.2, -0.15) is 0 Å². The summed E-state index contributed by atoms with van der Waals surface area (Å²) in [4.78, 5) is 22.1. The Morgan fingerprint density at radius 2 is 1.57 bits per heavy atom. The minimum Gasteiger partial charge on any atom is -0.421 e. The summed E-state index contributed by atoms with van der Waals surface area (Å²) in [6.07, 6.45) is 2.36. The first kappa shape index (κ1) is 17.0. The fraction of sp³-hybridized carbons (Fsp3) is 0.412. The fourth-order valence-corrected chi connectivity index (χ4v) is 1.94. The van der Waals surface area contributed by atoms with Gasteiger partial charge in [0.25, 0.3) is 6.29 Å². The summed E-state index contributed by atoms with van der Waals surface area (Å²) in [5.74, 6) is -1.01. The number of ether oxygens (including phenoxy) is 2. The van der Waals surface area contributed by atoms with Crippen molar-refractivity contribution in [3.63, 3.8) is 0 Å². The normalized spacial score (nSPS) is 11.7. The summed E-state index contributed by atoms with van der Waals surface area (Å²) in [5, 5.41) is 0. The van der Waals surface area contributed by atoms with Crippen LogP contribution >= 0.6 is 0 Å². The summed E-state index contributed by atoms with van der Waals surface area (Å²) in [6.45, 7) is 8.90. The first-order valence-corrected chi connectivity index (χ1v) is 6.82. The van der Waals surface area contributed by atoms with Crippen LogP contribution in [-0.2, 0) is 24.5 Å². The second-order valence-corrected chi connectivity index (χ2v) is 5.78. The zero-order chi connectivity index (χ0) is 16.0. The van der Waals surface area contributed by atoms with Crippen LogP contribution in [0.4, 0.5) is 0 Å². The Balaban J connectivity index is 3.01. The lowest BCUT2D eigenvalue weighted by Gasteiger charge is -2.21. The molecule has 0 atom stereocenters. The van der Waals surface area contributed by atoms with Gasteiger partial charge in [0.05, 0.1) is 0 Å². The highest BCUT2D eigenvalue weighted by Gasteiger charge is 2.17. The van der Waals surface area contributed by atoms with E-state index in [9.17, 15) is 9.59 Å². The van der Waals surface area contributed by atoms with Crippen molar-refractivity contribution in [2.75, 3.05) is 0 Å². The van der Waals surface area contributed by atoms with Crippen LogP contribution in [0.2, 0.25) is 0 Å². The molecule has 0 bridgehead atoms. The van der Waals surface area contributed by atoms with E-state index in [-0.39, 0.29) is 5.41 Å². The van der Waals surface area contributed by atoms with Gasteiger partial charge in [-0.3, -0.25) is 9.59 Å². The third-order valence-electron chi connectivity index (χ3n) is 2.77. The largest absolute Gasteiger partial charge is 0.421 e.